The topological polar surface area (TPSA) is 63.3 Å². The van der Waals surface area contributed by atoms with Crippen molar-refractivity contribution in [2.45, 2.75) is 25.2 Å². The van der Waals surface area contributed by atoms with Gasteiger partial charge in [0, 0.05) is 5.92 Å². The Morgan fingerprint density at radius 3 is 2.94 bits per heavy atom. The average molecular weight is 310 g/mol. The van der Waals surface area contributed by atoms with Gasteiger partial charge in [-0.1, -0.05) is 6.07 Å². The maximum Gasteiger partial charge on any atom is 0.306 e. The number of hydrogen-bond donors (Lipinski definition) is 1. The predicted molar refractivity (Wildman–Crippen MR) is 69.4 cm³/mol. The molecule has 0 spiro atoms. The summed E-state index contributed by atoms with van der Waals surface area (Å²) in [5, 5.41) is 9.00. The number of hydrogen-bond acceptors (Lipinski definition) is 3. The van der Waals surface area contributed by atoms with E-state index in [-0.39, 0.29) is 11.8 Å². The fraction of sp³-hybridized carbons (Fsp3) is 0.385. The van der Waals surface area contributed by atoms with Crippen molar-refractivity contribution in [3.63, 3.8) is 0 Å². The highest BCUT2D eigenvalue weighted by Crippen LogP contribution is 2.39. The van der Waals surface area contributed by atoms with Gasteiger partial charge in [0.15, 0.2) is 11.5 Å². The van der Waals surface area contributed by atoms with E-state index < -0.39 is 5.97 Å². The Bertz CT molecular complexity index is 607. The maximum atomic E-state index is 10.9. The van der Waals surface area contributed by atoms with E-state index in [1.807, 2.05) is 18.2 Å². The van der Waals surface area contributed by atoms with Crippen LogP contribution in [0, 0.1) is 5.92 Å². The summed E-state index contributed by atoms with van der Waals surface area (Å²) >= 11 is 3.43. The first-order valence-corrected chi connectivity index (χ1v) is 6.72. The lowest BCUT2D eigenvalue weighted by atomic mass is 10.1. The number of halogens is 1. The van der Waals surface area contributed by atoms with Gasteiger partial charge in [0.25, 0.3) is 0 Å². The summed E-state index contributed by atoms with van der Waals surface area (Å²) in [6, 6.07) is 5.72. The molecule has 1 aliphatic carbocycles. The van der Waals surface area contributed by atoms with Gasteiger partial charge < -0.3 is 9.52 Å². The van der Waals surface area contributed by atoms with Crippen LogP contribution in [0.4, 0.5) is 0 Å². The van der Waals surface area contributed by atoms with E-state index in [1.54, 1.807) is 0 Å². The Balaban J connectivity index is 1.92. The number of carboxylic acids is 1. The van der Waals surface area contributed by atoms with E-state index >= 15 is 0 Å². The van der Waals surface area contributed by atoms with Crippen LogP contribution in [0.25, 0.3) is 11.1 Å². The van der Waals surface area contributed by atoms with Crippen LogP contribution in [-0.2, 0) is 4.79 Å². The van der Waals surface area contributed by atoms with E-state index in [4.69, 9.17) is 9.52 Å². The van der Waals surface area contributed by atoms with Crippen molar-refractivity contribution in [1.29, 1.82) is 0 Å². The van der Waals surface area contributed by atoms with Gasteiger partial charge in [0.2, 0.25) is 0 Å². The second-order valence-electron chi connectivity index (χ2n) is 4.69. The smallest absolute Gasteiger partial charge is 0.306 e. The quantitative estimate of drug-likeness (QED) is 0.921. The molecule has 0 amide bonds. The lowest BCUT2D eigenvalue weighted by Crippen LogP contribution is -2.09. The molecule has 1 N–H and O–H groups in total. The first-order valence-electron chi connectivity index (χ1n) is 5.93. The molecule has 3 rings (SSSR count). The molecule has 0 bridgehead atoms. The highest BCUT2D eigenvalue weighted by Gasteiger charge is 2.33. The highest BCUT2D eigenvalue weighted by atomic mass is 79.9. The number of fused-ring (bicyclic) bond motifs is 1. The summed E-state index contributed by atoms with van der Waals surface area (Å²) in [4.78, 5) is 15.4. The molecular weight excluding hydrogens is 298 g/mol. The minimum absolute atomic E-state index is 0.130. The van der Waals surface area contributed by atoms with Crippen molar-refractivity contribution < 1.29 is 14.3 Å². The minimum atomic E-state index is -0.713. The van der Waals surface area contributed by atoms with Gasteiger partial charge in [0.1, 0.15) is 5.52 Å². The van der Waals surface area contributed by atoms with E-state index in [1.165, 1.54) is 0 Å². The second-order valence-corrected chi connectivity index (χ2v) is 5.54. The number of rotatable bonds is 2. The second kappa shape index (κ2) is 4.39. The molecule has 0 radical (unpaired) electrons. The van der Waals surface area contributed by atoms with Crippen LogP contribution >= 0.6 is 15.9 Å². The van der Waals surface area contributed by atoms with Crippen molar-refractivity contribution >= 4 is 33.0 Å². The number of nitrogens with zero attached hydrogens (tertiary/aromatic N) is 1. The molecule has 2 aromatic rings. The van der Waals surface area contributed by atoms with Crippen LogP contribution in [0.2, 0.25) is 0 Å². The summed E-state index contributed by atoms with van der Waals surface area (Å²) in [5.41, 5.74) is 1.56. The third-order valence-electron chi connectivity index (χ3n) is 3.51. The van der Waals surface area contributed by atoms with Gasteiger partial charge in [-0.05, 0) is 47.3 Å². The molecule has 0 saturated heterocycles. The van der Waals surface area contributed by atoms with Crippen molar-refractivity contribution in [3.8, 4) is 0 Å². The number of oxazole rings is 1. The van der Waals surface area contributed by atoms with Crippen molar-refractivity contribution in [1.82, 2.24) is 4.98 Å². The third-order valence-corrected chi connectivity index (χ3v) is 4.14. The lowest BCUT2D eigenvalue weighted by Gasteiger charge is -2.03. The zero-order valence-electron chi connectivity index (χ0n) is 9.60. The summed E-state index contributed by atoms with van der Waals surface area (Å²) in [7, 11) is 0. The Hall–Kier alpha value is -1.36. The third kappa shape index (κ3) is 1.92. The van der Waals surface area contributed by atoms with Crippen LogP contribution in [0.5, 0.6) is 0 Å². The summed E-state index contributed by atoms with van der Waals surface area (Å²) < 4.78 is 6.64. The van der Waals surface area contributed by atoms with Crippen molar-refractivity contribution in [2.24, 2.45) is 5.92 Å². The van der Waals surface area contributed by atoms with Gasteiger partial charge >= 0.3 is 5.97 Å². The number of benzene rings is 1. The molecule has 0 aliphatic heterocycles. The largest absolute Gasteiger partial charge is 0.481 e. The Morgan fingerprint density at radius 2 is 2.28 bits per heavy atom. The fourth-order valence-electron chi connectivity index (χ4n) is 2.54. The molecule has 1 fully saturated rings. The van der Waals surface area contributed by atoms with Crippen molar-refractivity contribution in [2.75, 3.05) is 0 Å². The molecule has 1 saturated carbocycles. The van der Waals surface area contributed by atoms with Crippen LogP contribution in [0.15, 0.2) is 27.1 Å². The molecule has 1 heterocycles. The molecular formula is C13H12BrNO3. The zero-order chi connectivity index (χ0) is 12.7. The number of aliphatic carboxylic acids is 1. The Labute approximate surface area is 112 Å². The lowest BCUT2D eigenvalue weighted by molar-refractivity contribution is -0.141. The first-order chi connectivity index (χ1) is 8.65. The Morgan fingerprint density at radius 1 is 1.44 bits per heavy atom. The average Bonchev–Trinajstić information content (AvgIpc) is 2.95. The SMILES string of the molecule is O=C(O)C1CCC(c2nc3cccc(Br)c3o2)C1. The molecule has 18 heavy (non-hydrogen) atoms. The van der Waals surface area contributed by atoms with E-state index in [2.05, 4.69) is 20.9 Å². The molecule has 2 unspecified atom stereocenters. The fourth-order valence-corrected chi connectivity index (χ4v) is 2.97. The standard InChI is InChI=1S/C13H12BrNO3/c14-9-2-1-3-10-11(9)18-12(15-10)7-4-5-8(6-7)13(16)17/h1-3,7-8H,4-6H2,(H,16,17). The van der Waals surface area contributed by atoms with E-state index in [9.17, 15) is 4.79 Å². The summed E-state index contributed by atoms with van der Waals surface area (Å²) in [5.74, 6) is -0.172. The summed E-state index contributed by atoms with van der Waals surface area (Å²) in [6.07, 6.45) is 2.17. The molecule has 4 nitrogen and oxygen atoms in total. The van der Waals surface area contributed by atoms with Crippen LogP contribution < -0.4 is 0 Å². The van der Waals surface area contributed by atoms with Gasteiger partial charge in [0.05, 0.1) is 10.4 Å². The normalized spacial score (nSPS) is 23.6. The monoisotopic (exact) mass is 309 g/mol. The van der Waals surface area contributed by atoms with Crippen molar-refractivity contribution in [3.05, 3.63) is 28.6 Å². The van der Waals surface area contributed by atoms with Gasteiger partial charge in [-0.3, -0.25) is 4.79 Å². The summed E-state index contributed by atoms with van der Waals surface area (Å²) in [6.45, 7) is 0. The highest BCUT2D eigenvalue weighted by molar-refractivity contribution is 9.10. The number of aromatic nitrogens is 1. The molecule has 94 valence electrons. The number of carbonyl (C=O) groups is 1. The predicted octanol–water partition coefficient (Wildman–Crippen LogP) is 3.56. The Kier molecular flexibility index (Phi) is 2.86. The van der Waals surface area contributed by atoms with Gasteiger partial charge in [-0.15, -0.1) is 0 Å². The molecule has 5 heteroatoms. The van der Waals surface area contributed by atoms with Gasteiger partial charge in [-0.2, -0.15) is 0 Å². The molecule has 1 aliphatic rings. The minimum Gasteiger partial charge on any atom is -0.481 e. The van der Waals surface area contributed by atoms with Crippen LogP contribution in [0.3, 0.4) is 0 Å². The van der Waals surface area contributed by atoms with Crippen LogP contribution in [-0.4, -0.2) is 16.1 Å². The van der Waals surface area contributed by atoms with E-state index in [0.717, 1.165) is 22.0 Å². The number of para-hydroxylation sites is 1. The maximum absolute atomic E-state index is 10.9. The molecule has 2 atom stereocenters. The van der Waals surface area contributed by atoms with Gasteiger partial charge in [-0.25, -0.2) is 4.98 Å². The van der Waals surface area contributed by atoms with E-state index in [0.29, 0.717) is 18.7 Å². The first kappa shape index (κ1) is 11.7. The zero-order valence-corrected chi connectivity index (χ0v) is 11.2. The molecule has 1 aromatic heterocycles. The number of carboxylic acid groups (broad SMARTS) is 1. The molecule has 1 aromatic carbocycles. The van der Waals surface area contributed by atoms with Crippen LogP contribution in [0.1, 0.15) is 31.1 Å².